The molecule has 0 amide bonds. The lowest BCUT2D eigenvalue weighted by molar-refractivity contribution is 0.123. The van der Waals surface area contributed by atoms with Crippen molar-refractivity contribution in [2.75, 3.05) is 47.6 Å². The fourth-order valence-electron chi connectivity index (χ4n) is 2.80. The molecule has 0 saturated heterocycles. The molecule has 1 fully saturated rings. The van der Waals surface area contributed by atoms with Crippen molar-refractivity contribution in [1.82, 2.24) is 10.6 Å². The summed E-state index contributed by atoms with van der Waals surface area (Å²) < 4.78 is 16.4. The molecule has 152 valence electrons. The van der Waals surface area contributed by atoms with Gasteiger partial charge in [0.05, 0.1) is 14.2 Å². The molecule has 1 aliphatic carbocycles. The molecule has 0 atom stereocenters. The number of guanidine groups is 1. The van der Waals surface area contributed by atoms with E-state index in [4.69, 9.17) is 14.2 Å². The molecule has 0 bridgehead atoms. The molecule has 27 heavy (non-hydrogen) atoms. The maximum atomic E-state index is 5.66. The fraction of sp³-hybridized carbons (Fsp3) is 0.667. The number of methoxy groups -OCH3 is 2. The maximum absolute atomic E-state index is 5.66. The number of rotatable bonds is 11. The van der Waals surface area contributed by atoms with E-state index >= 15 is 0 Å². The molecule has 0 unspecified atom stereocenters. The highest BCUT2D eigenvalue weighted by Gasteiger charge is 2.23. The van der Waals surface area contributed by atoms with Gasteiger partial charge in [0.25, 0.3) is 0 Å². The summed E-state index contributed by atoms with van der Waals surface area (Å²) in [5.74, 6) is 3.13. The van der Waals surface area contributed by atoms with Crippen molar-refractivity contribution in [3.05, 3.63) is 23.8 Å². The van der Waals surface area contributed by atoms with Crippen molar-refractivity contribution in [3.8, 4) is 11.5 Å². The molecule has 6 nitrogen and oxygen atoms in total. The zero-order chi connectivity index (χ0) is 19.7. The average Bonchev–Trinajstić information content (AvgIpc) is 3.50. The van der Waals surface area contributed by atoms with E-state index in [-0.39, 0.29) is 5.41 Å². The molecule has 2 rings (SSSR count). The Kier molecular flexibility index (Phi) is 8.23. The van der Waals surface area contributed by atoms with Gasteiger partial charge >= 0.3 is 0 Å². The molecule has 1 saturated carbocycles. The first-order valence-corrected chi connectivity index (χ1v) is 9.75. The van der Waals surface area contributed by atoms with Gasteiger partial charge in [-0.15, -0.1) is 0 Å². The summed E-state index contributed by atoms with van der Waals surface area (Å²) in [6.45, 7) is 7.71. The number of hydrogen-bond acceptors (Lipinski definition) is 4. The van der Waals surface area contributed by atoms with Crippen LogP contribution in [0.4, 0.5) is 0 Å². The van der Waals surface area contributed by atoms with Gasteiger partial charge in [0.1, 0.15) is 0 Å². The standard InChI is InChI=1S/C21H35N3O3/c1-21(2,17-9-10-18(25-4)19(13-17)26-5)15-24-20(22-3)23-11-6-12-27-14-16-7-8-16/h9-10,13,16H,6-8,11-12,14-15H2,1-5H3,(H2,22,23,24). The third-order valence-corrected chi connectivity index (χ3v) is 4.89. The quantitative estimate of drug-likeness (QED) is 0.353. The SMILES string of the molecule is CN=C(NCCCOCC1CC1)NCC(C)(C)c1ccc(OC)c(OC)c1. The smallest absolute Gasteiger partial charge is 0.191 e. The predicted octanol–water partition coefficient (Wildman–Crippen LogP) is 2.96. The Balaban J connectivity index is 1.77. The van der Waals surface area contributed by atoms with Crippen LogP contribution in [0.1, 0.15) is 38.7 Å². The molecule has 1 aromatic carbocycles. The van der Waals surface area contributed by atoms with Gasteiger partial charge < -0.3 is 24.8 Å². The summed E-state index contributed by atoms with van der Waals surface area (Å²) in [5.41, 5.74) is 1.08. The van der Waals surface area contributed by atoms with Crippen molar-refractivity contribution in [2.45, 2.75) is 38.5 Å². The van der Waals surface area contributed by atoms with Crippen molar-refractivity contribution in [1.29, 1.82) is 0 Å². The molecule has 6 heteroatoms. The van der Waals surface area contributed by atoms with Crippen molar-refractivity contribution >= 4 is 5.96 Å². The predicted molar refractivity (Wildman–Crippen MR) is 110 cm³/mol. The van der Waals surface area contributed by atoms with Gasteiger partial charge in [-0.05, 0) is 42.9 Å². The van der Waals surface area contributed by atoms with Crippen LogP contribution in [-0.4, -0.2) is 53.5 Å². The Morgan fingerprint density at radius 2 is 1.89 bits per heavy atom. The lowest BCUT2D eigenvalue weighted by Gasteiger charge is -2.27. The Hall–Kier alpha value is -1.95. The molecular weight excluding hydrogens is 342 g/mol. The molecule has 0 heterocycles. The normalized spacial score (nSPS) is 14.8. The Morgan fingerprint density at radius 3 is 2.52 bits per heavy atom. The first kappa shape index (κ1) is 21.4. The van der Waals surface area contributed by atoms with Crippen LogP contribution in [-0.2, 0) is 10.2 Å². The largest absolute Gasteiger partial charge is 0.493 e. The van der Waals surface area contributed by atoms with Crippen LogP contribution in [0, 0.1) is 5.92 Å². The zero-order valence-electron chi connectivity index (χ0n) is 17.4. The Morgan fingerprint density at radius 1 is 1.15 bits per heavy atom. The van der Waals surface area contributed by atoms with E-state index in [0.29, 0.717) is 0 Å². The number of hydrogen-bond donors (Lipinski definition) is 2. The van der Waals surface area contributed by atoms with E-state index in [1.165, 1.54) is 18.4 Å². The Bertz CT molecular complexity index is 613. The van der Waals surface area contributed by atoms with Crippen LogP contribution in [0.3, 0.4) is 0 Å². The summed E-state index contributed by atoms with van der Waals surface area (Å²) in [7, 11) is 5.10. The van der Waals surface area contributed by atoms with Crippen LogP contribution < -0.4 is 20.1 Å². The minimum atomic E-state index is -0.0927. The summed E-state index contributed by atoms with van der Waals surface area (Å²) >= 11 is 0. The summed E-state index contributed by atoms with van der Waals surface area (Å²) in [4.78, 5) is 4.31. The highest BCUT2D eigenvalue weighted by molar-refractivity contribution is 5.79. The fourth-order valence-corrected chi connectivity index (χ4v) is 2.80. The van der Waals surface area contributed by atoms with Crippen LogP contribution in [0.25, 0.3) is 0 Å². The monoisotopic (exact) mass is 377 g/mol. The van der Waals surface area contributed by atoms with Crippen molar-refractivity contribution < 1.29 is 14.2 Å². The van der Waals surface area contributed by atoms with Crippen LogP contribution in [0.5, 0.6) is 11.5 Å². The van der Waals surface area contributed by atoms with E-state index in [1.54, 1.807) is 21.3 Å². The lowest BCUT2D eigenvalue weighted by Crippen LogP contribution is -2.43. The third kappa shape index (κ3) is 6.94. The van der Waals surface area contributed by atoms with Gasteiger partial charge in [0.15, 0.2) is 17.5 Å². The van der Waals surface area contributed by atoms with Crippen LogP contribution in [0.2, 0.25) is 0 Å². The zero-order valence-corrected chi connectivity index (χ0v) is 17.4. The van der Waals surface area contributed by atoms with Crippen molar-refractivity contribution in [3.63, 3.8) is 0 Å². The number of aliphatic imine (C=N–C) groups is 1. The summed E-state index contributed by atoms with van der Waals surface area (Å²) in [5, 5.41) is 6.77. The molecule has 0 radical (unpaired) electrons. The van der Waals surface area contributed by atoms with E-state index in [9.17, 15) is 0 Å². The van der Waals surface area contributed by atoms with Gasteiger partial charge in [-0.1, -0.05) is 19.9 Å². The second-order valence-corrected chi connectivity index (χ2v) is 7.68. The molecular formula is C21H35N3O3. The van der Waals surface area contributed by atoms with Crippen LogP contribution >= 0.6 is 0 Å². The van der Waals surface area contributed by atoms with E-state index in [1.807, 2.05) is 12.1 Å². The van der Waals surface area contributed by atoms with Gasteiger partial charge in [-0.2, -0.15) is 0 Å². The third-order valence-electron chi connectivity index (χ3n) is 4.89. The number of benzene rings is 1. The summed E-state index contributed by atoms with van der Waals surface area (Å²) in [6.07, 6.45) is 3.65. The molecule has 1 aromatic rings. The minimum Gasteiger partial charge on any atom is -0.493 e. The number of nitrogens with one attached hydrogen (secondary N) is 2. The second-order valence-electron chi connectivity index (χ2n) is 7.68. The number of nitrogens with zero attached hydrogens (tertiary/aromatic N) is 1. The van der Waals surface area contributed by atoms with Gasteiger partial charge in [-0.25, -0.2) is 0 Å². The van der Waals surface area contributed by atoms with Gasteiger partial charge in [0, 0.05) is 38.8 Å². The van der Waals surface area contributed by atoms with Gasteiger partial charge in [0.2, 0.25) is 0 Å². The van der Waals surface area contributed by atoms with Gasteiger partial charge in [-0.3, -0.25) is 4.99 Å². The minimum absolute atomic E-state index is 0.0927. The van der Waals surface area contributed by atoms with Crippen LogP contribution in [0.15, 0.2) is 23.2 Å². The van der Waals surface area contributed by atoms with E-state index < -0.39 is 0 Å². The molecule has 2 N–H and O–H groups in total. The molecule has 0 spiro atoms. The van der Waals surface area contributed by atoms with E-state index in [0.717, 1.165) is 56.1 Å². The summed E-state index contributed by atoms with van der Waals surface area (Å²) in [6, 6.07) is 6.06. The molecule has 0 aromatic heterocycles. The molecule has 1 aliphatic rings. The second kappa shape index (κ2) is 10.4. The lowest BCUT2D eigenvalue weighted by atomic mass is 9.84. The first-order valence-electron chi connectivity index (χ1n) is 9.75. The first-order chi connectivity index (χ1) is 13.0. The molecule has 0 aliphatic heterocycles. The topological polar surface area (TPSA) is 64.1 Å². The highest BCUT2D eigenvalue weighted by Crippen LogP contribution is 2.32. The van der Waals surface area contributed by atoms with E-state index in [2.05, 4.69) is 35.5 Å². The maximum Gasteiger partial charge on any atom is 0.191 e. The Labute approximate surface area is 163 Å². The average molecular weight is 378 g/mol. The van der Waals surface area contributed by atoms with Crippen molar-refractivity contribution in [2.24, 2.45) is 10.9 Å². The highest BCUT2D eigenvalue weighted by atomic mass is 16.5. The number of ether oxygens (including phenoxy) is 3.